The lowest BCUT2D eigenvalue weighted by atomic mass is 9.83. The maximum Gasteiger partial charge on any atom is 0.240 e. The predicted octanol–water partition coefficient (Wildman–Crippen LogP) is 1.77. The first-order chi connectivity index (χ1) is 8.72. The van der Waals surface area contributed by atoms with Crippen LogP contribution in [0.5, 0.6) is 0 Å². The summed E-state index contributed by atoms with van der Waals surface area (Å²) in [5, 5.41) is 3.27. The van der Waals surface area contributed by atoms with E-state index in [1.54, 1.807) is 12.1 Å². The molecule has 2 N–H and O–H groups in total. The van der Waals surface area contributed by atoms with Crippen molar-refractivity contribution in [2.24, 2.45) is 5.41 Å². The van der Waals surface area contributed by atoms with E-state index in [0.717, 1.165) is 5.56 Å². The van der Waals surface area contributed by atoms with Crippen molar-refractivity contribution in [2.45, 2.75) is 38.1 Å². The molecule has 0 aliphatic heterocycles. The van der Waals surface area contributed by atoms with E-state index in [1.807, 2.05) is 19.2 Å². The first-order valence-corrected chi connectivity index (χ1v) is 7.89. The second kappa shape index (κ2) is 6.03. The molecule has 0 fully saturated rings. The monoisotopic (exact) mass is 284 g/mol. The zero-order valence-electron chi connectivity index (χ0n) is 12.3. The summed E-state index contributed by atoms with van der Waals surface area (Å²) in [4.78, 5) is 0.363. The van der Waals surface area contributed by atoms with Crippen LogP contribution in [0.2, 0.25) is 0 Å². The Morgan fingerprint density at radius 2 is 1.74 bits per heavy atom. The minimum Gasteiger partial charge on any atom is -0.316 e. The van der Waals surface area contributed by atoms with Crippen LogP contribution in [-0.4, -0.2) is 28.6 Å². The highest BCUT2D eigenvalue weighted by atomic mass is 32.2. The second-order valence-corrected chi connectivity index (χ2v) is 7.58. The summed E-state index contributed by atoms with van der Waals surface area (Å²) in [6.45, 7) is 6.43. The summed E-state index contributed by atoms with van der Waals surface area (Å²) in [6.07, 6.45) is 0.678. The normalized spacial score (nSPS) is 14.4. The average Bonchev–Trinajstić information content (AvgIpc) is 2.34. The maximum atomic E-state index is 12.0. The van der Waals surface area contributed by atoms with Gasteiger partial charge in [-0.1, -0.05) is 39.0 Å². The molecule has 0 bridgehead atoms. The van der Waals surface area contributed by atoms with Crippen molar-refractivity contribution in [3.63, 3.8) is 0 Å². The van der Waals surface area contributed by atoms with Crippen molar-refractivity contribution in [1.29, 1.82) is 0 Å². The fraction of sp³-hybridized carbons (Fsp3) is 0.571. The molecule has 0 aliphatic carbocycles. The van der Waals surface area contributed by atoms with Crippen molar-refractivity contribution in [3.05, 3.63) is 29.8 Å². The molecule has 108 valence electrons. The first kappa shape index (κ1) is 16.1. The van der Waals surface area contributed by atoms with Gasteiger partial charge in [0.15, 0.2) is 0 Å². The van der Waals surface area contributed by atoms with Gasteiger partial charge < -0.3 is 5.32 Å². The maximum absolute atomic E-state index is 12.0. The molecule has 5 heteroatoms. The smallest absolute Gasteiger partial charge is 0.240 e. The van der Waals surface area contributed by atoms with Crippen LogP contribution in [0.1, 0.15) is 26.3 Å². The number of hydrogen-bond donors (Lipinski definition) is 2. The van der Waals surface area contributed by atoms with Crippen LogP contribution in [0.4, 0.5) is 0 Å². The van der Waals surface area contributed by atoms with Crippen LogP contribution in [0.25, 0.3) is 0 Å². The Labute approximate surface area is 116 Å². The van der Waals surface area contributed by atoms with Crippen LogP contribution >= 0.6 is 0 Å². The highest BCUT2D eigenvalue weighted by Crippen LogP contribution is 2.25. The molecule has 0 radical (unpaired) electrons. The van der Waals surface area contributed by atoms with Crippen LogP contribution in [0.15, 0.2) is 29.2 Å². The summed E-state index contributed by atoms with van der Waals surface area (Å²) in [5.74, 6) is 0. The van der Waals surface area contributed by atoms with Crippen molar-refractivity contribution in [2.75, 3.05) is 14.1 Å². The van der Waals surface area contributed by atoms with Gasteiger partial charge in [0.05, 0.1) is 4.90 Å². The van der Waals surface area contributed by atoms with Crippen LogP contribution in [0, 0.1) is 5.41 Å². The third-order valence-corrected chi connectivity index (χ3v) is 4.86. The number of sulfonamides is 1. The largest absolute Gasteiger partial charge is 0.316 e. The average molecular weight is 284 g/mol. The number of likely N-dealkylation sites (N-methyl/N-ethyl adjacent to an activating group) is 1. The van der Waals surface area contributed by atoms with Gasteiger partial charge in [0.2, 0.25) is 10.0 Å². The zero-order chi connectivity index (χ0) is 14.7. The van der Waals surface area contributed by atoms with E-state index >= 15 is 0 Å². The fourth-order valence-electron chi connectivity index (χ4n) is 2.11. The second-order valence-electron chi connectivity index (χ2n) is 5.73. The Hall–Kier alpha value is -0.910. The van der Waals surface area contributed by atoms with Gasteiger partial charge in [0, 0.05) is 6.04 Å². The van der Waals surface area contributed by atoms with Gasteiger partial charge in [-0.3, -0.25) is 0 Å². The predicted molar refractivity (Wildman–Crippen MR) is 78.7 cm³/mol. The van der Waals surface area contributed by atoms with Gasteiger partial charge in [0.1, 0.15) is 0 Å². The van der Waals surface area contributed by atoms with Gasteiger partial charge in [0.25, 0.3) is 0 Å². The van der Waals surface area contributed by atoms with E-state index < -0.39 is 10.0 Å². The van der Waals surface area contributed by atoms with E-state index in [1.165, 1.54) is 7.05 Å². The Kier molecular flexibility index (Phi) is 5.12. The number of benzene rings is 1. The van der Waals surface area contributed by atoms with Gasteiger partial charge in [-0.15, -0.1) is 0 Å². The molecule has 1 atom stereocenters. The third kappa shape index (κ3) is 4.03. The summed E-state index contributed by atoms with van der Waals surface area (Å²) in [7, 11) is -0.0622. The molecule has 0 heterocycles. The quantitative estimate of drug-likeness (QED) is 0.866. The highest BCUT2D eigenvalue weighted by molar-refractivity contribution is 7.89. The fourth-order valence-corrected chi connectivity index (χ4v) is 3.08. The van der Waals surface area contributed by atoms with Crippen molar-refractivity contribution in [3.8, 4) is 0 Å². The molecular formula is C14H24N2O2S. The highest BCUT2D eigenvalue weighted by Gasteiger charge is 2.25. The van der Waals surface area contributed by atoms with Crippen molar-refractivity contribution < 1.29 is 8.42 Å². The van der Waals surface area contributed by atoms with E-state index in [2.05, 4.69) is 30.8 Å². The Morgan fingerprint density at radius 3 is 2.21 bits per heavy atom. The molecule has 0 amide bonds. The van der Waals surface area contributed by atoms with E-state index in [0.29, 0.717) is 11.3 Å². The summed E-state index contributed by atoms with van der Waals surface area (Å²) < 4.78 is 26.4. The van der Waals surface area contributed by atoms with E-state index in [-0.39, 0.29) is 11.5 Å². The number of nitrogens with one attached hydrogen (secondary N) is 2. The molecule has 0 saturated carbocycles. The van der Waals surface area contributed by atoms with Gasteiger partial charge >= 0.3 is 0 Å². The Morgan fingerprint density at radius 1 is 1.16 bits per heavy atom. The minimum absolute atomic E-state index is 0.0608. The van der Waals surface area contributed by atoms with Gasteiger partial charge in [-0.2, -0.15) is 0 Å². The molecule has 1 unspecified atom stereocenters. The molecule has 19 heavy (non-hydrogen) atoms. The lowest BCUT2D eigenvalue weighted by molar-refractivity contribution is 0.279. The lowest BCUT2D eigenvalue weighted by Gasteiger charge is -2.31. The van der Waals surface area contributed by atoms with Crippen LogP contribution in [0.3, 0.4) is 0 Å². The summed E-state index contributed by atoms with van der Waals surface area (Å²) >= 11 is 0. The SMILES string of the molecule is CNC(Cc1ccccc1S(=O)(=O)NC)C(C)(C)C. The number of hydrogen-bond acceptors (Lipinski definition) is 3. The molecular weight excluding hydrogens is 260 g/mol. The minimum atomic E-state index is -3.41. The molecule has 1 aromatic carbocycles. The topological polar surface area (TPSA) is 58.2 Å². The molecule has 0 saturated heterocycles. The van der Waals surface area contributed by atoms with Gasteiger partial charge in [-0.25, -0.2) is 13.1 Å². The summed E-state index contributed by atoms with van der Waals surface area (Å²) in [5.41, 5.74) is 0.900. The first-order valence-electron chi connectivity index (χ1n) is 6.41. The molecule has 1 aromatic rings. The molecule has 1 rings (SSSR count). The van der Waals surface area contributed by atoms with E-state index in [4.69, 9.17) is 0 Å². The molecule has 4 nitrogen and oxygen atoms in total. The molecule has 0 aromatic heterocycles. The Balaban J connectivity index is 3.16. The van der Waals surface area contributed by atoms with Crippen LogP contribution in [-0.2, 0) is 16.4 Å². The third-order valence-electron chi connectivity index (χ3n) is 3.35. The lowest BCUT2D eigenvalue weighted by Crippen LogP contribution is -2.40. The van der Waals surface area contributed by atoms with Gasteiger partial charge in [-0.05, 0) is 37.6 Å². The Bertz CT molecular complexity index is 518. The molecule has 0 spiro atoms. The van der Waals surface area contributed by atoms with Crippen molar-refractivity contribution >= 4 is 10.0 Å². The van der Waals surface area contributed by atoms with Crippen molar-refractivity contribution in [1.82, 2.24) is 10.0 Å². The van der Waals surface area contributed by atoms with E-state index in [9.17, 15) is 8.42 Å². The summed E-state index contributed by atoms with van der Waals surface area (Å²) in [6, 6.07) is 7.36. The zero-order valence-corrected chi connectivity index (χ0v) is 13.1. The van der Waals surface area contributed by atoms with Crippen LogP contribution < -0.4 is 10.0 Å². The molecule has 0 aliphatic rings. The standard InChI is InChI=1S/C14H24N2O2S/c1-14(2,3)13(15-4)10-11-8-6-7-9-12(11)19(17,18)16-5/h6-9,13,15-16H,10H2,1-5H3. The number of rotatable bonds is 5.